The van der Waals surface area contributed by atoms with Gasteiger partial charge in [0.2, 0.25) is 0 Å². The second-order valence-corrected chi connectivity index (χ2v) is 7.98. The van der Waals surface area contributed by atoms with Crippen LogP contribution in [0.15, 0.2) is 77.6 Å². The summed E-state index contributed by atoms with van der Waals surface area (Å²) in [4.78, 5) is 16.6. The van der Waals surface area contributed by atoms with Crippen LogP contribution in [0.1, 0.15) is 5.56 Å². The highest BCUT2D eigenvalue weighted by Gasteiger charge is 2.33. The number of halogens is 4. The summed E-state index contributed by atoms with van der Waals surface area (Å²) < 4.78 is 44.9. The standard InChI is InChI=1S/C23H15ClF3N3O2S/c24-20-5-4-16(11-19(20)23(25,26)27)30-22(31)29-15-2-1-3-17(10-15)32-18-6-8-28-21(12-18)14-7-9-33-13-14/h1-13H,(H2,29,30,31). The van der Waals surface area contributed by atoms with Gasteiger partial charge >= 0.3 is 12.2 Å². The number of nitrogens with one attached hydrogen (secondary N) is 2. The minimum absolute atomic E-state index is 0.0469. The van der Waals surface area contributed by atoms with Gasteiger partial charge in [-0.25, -0.2) is 4.79 Å². The Morgan fingerprint density at radius 1 is 0.970 bits per heavy atom. The zero-order valence-corrected chi connectivity index (χ0v) is 18.3. The van der Waals surface area contributed by atoms with E-state index in [1.807, 2.05) is 16.8 Å². The van der Waals surface area contributed by atoms with Gasteiger partial charge in [-0.15, -0.1) is 0 Å². The molecule has 2 N–H and O–H groups in total. The monoisotopic (exact) mass is 489 g/mol. The predicted molar refractivity (Wildman–Crippen MR) is 123 cm³/mol. The van der Waals surface area contributed by atoms with Crippen molar-refractivity contribution in [3.05, 3.63) is 88.2 Å². The zero-order valence-electron chi connectivity index (χ0n) is 16.7. The molecule has 168 valence electrons. The van der Waals surface area contributed by atoms with E-state index >= 15 is 0 Å². The minimum Gasteiger partial charge on any atom is -0.457 e. The Kier molecular flexibility index (Phi) is 6.52. The highest BCUT2D eigenvalue weighted by atomic mass is 35.5. The van der Waals surface area contributed by atoms with Crippen LogP contribution in [0.2, 0.25) is 5.02 Å². The molecule has 0 atom stereocenters. The molecular formula is C23H15ClF3N3O2S. The number of ether oxygens (including phenoxy) is 1. The van der Waals surface area contributed by atoms with Crippen LogP contribution < -0.4 is 15.4 Å². The van der Waals surface area contributed by atoms with Gasteiger partial charge in [0.25, 0.3) is 0 Å². The molecule has 0 aliphatic carbocycles. The van der Waals surface area contributed by atoms with Gasteiger partial charge in [0.15, 0.2) is 0 Å². The summed E-state index contributed by atoms with van der Waals surface area (Å²) in [5, 5.41) is 8.42. The number of hydrogen-bond donors (Lipinski definition) is 2. The van der Waals surface area contributed by atoms with Crippen LogP contribution >= 0.6 is 22.9 Å². The number of urea groups is 1. The summed E-state index contributed by atoms with van der Waals surface area (Å²) in [6, 6.07) is 14.5. The molecule has 5 nitrogen and oxygen atoms in total. The molecule has 2 aromatic carbocycles. The number of thiophene rings is 1. The predicted octanol–water partition coefficient (Wildman–Crippen LogP) is 7.92. The second kappa shape index (κ2) is 9.51. The van der Waals surface area contributed by atoms with Gasteiger partial charge in [-0.2, -0.15) is 24.5 Å². The van der Waals surface area contributed by atoms with E-state index < -0.39 is 22.8 Å². The lowest BCUT2D eigenvalue weighted by Crippen LogP contribution is -2.20. The lowest BCUT2D eigenvalue weighted by molar-refractivity contribution is -0.137. The molecule has 0 saturated carbocycles. The summed E-state index contributed by atoms with van der Waals surface area (Å²) in [6.07, 6.45) is -2.99. The molecule has 0 fully saturated rings. The van der Waals surface area contributed by atoms with E-state index in [0.717, 1.165) is 23.4 Å². The third-order valence-corrected chi connectivity index (χ3v) is 5.42. The van der Waals surface area contributed by atoms with Crippen molar-refractivity contribution >= 4 is 40.3 Å². The van der Waals surface area contributed by atoms with Crippen LogP contribution in [0.5, 0.6) is 11.5 Å². The summed E-state index contributed by atoms with van der Waals surface area (Å²) >= 11 is 7.17. The number of alkyl halides is 3. The van der Waals surface area contributed by atoms with E-state index in [4.69, 9.17) is 16.3 Å². The number of anilines is 2. The van der Waals surface area contributed by atoms with Gasteiger partial charge in [-0.05, 0) is 47.8 Å². The van der Waals surface area contributed by atoms with E-state index in [1.165, 1.54) is 6.07 Å². The van der Waals surface area contributed by atoms with Crippen molar-refractivity contribution in [3.8, 4) is 22.8 Å². The maximum absolute atomic E-state index is 13.0. The molecule has 10 heteroatoms. The first-order valence-electron chi connectivity index (χ1n) is 9.49. The average Bonchev–Trinajstić information content (AvgIpc) is 3.30. The van der Waals surface area contributed by atoms with Gasteiger partial charge in [0.05, 0.1) is 16.3 Å². The van der Waals surface area contributed by atoms with E-state index in [9.17, 15) is 18.0 Å². The molecule has 2 aromatic heterocycles. The molecule has 33 heavy (non-hydrogen) atoms. The maximum Gasteiger partial charge on any atom is 0.417 e. The van der Waals surface area contributed by atoms with E-state index in [1.54, 1.807) is 53.9 Å². The molecule has 2 heterocycles. The lowest BCUT2D eigenvalue weighted by atomic mass is 10.2. The van der Waals surface area contributed by atoms with Gasteiger partial charge < -0.3 is 15.4 Å². The first-order valence-corrected chi connectivity index (χ1v) is 10.8. The van der Waals surface area contributed by atoms with Crippen LogP contribution in [-0.2, 0) is 6.18 Å². The number of aromatic nitrogens is 1. The number of rotatable bonds is 5. The molecule has 4 rings (SSSR count). The van der Waals surface area contributed by atoms with Crippen LogP contribution in [0.4, 0.5) is 29.3 Å². The summed E-state index contributed by atoms with van der Waals surface area (Å²) in [5.41, 5.74) is 1.06. The smallest absolute Gasteiger partial charge is 0.417 e. The Morgan fingerprint density at radius 2 is 1.73 bits per heavy atom. The van der Waals surface area contributed by atoms with Crippen molar-refractivity contribution in [3.63, 3.8) is 0 Å². The van der Waals surface area contributed by atoms with Crippen molar-refractivity contribution in [1.29, 1.82) is 0 Å². The second-order valence-electron chi connectivity index (χ2n) is 6.79. The molecule has 0 aliphatic heterocycles. The number of carbonyl (C=O) groups is 1. The third-order valence-electron chi connectivity index (χ3n) is 4.41. The van der Waals surface area contributed by atoms with Crippen LogP contribution in [0, 0.1) is 0 Å². The first-order chi connectivity index (χ1) is 15.8. The fourth-order valence-corrected chi connectivity index (χ4v) is 3.80. The number of benzene rings is 2. The Bertz CT molecular complexity index is 1280. The molecule has 0 radical (unpaired) electrons. The third kappa shape index (κ3) is 5.82. The van der Waals surface area contributed by atoms with E-state index in [-0.39, 0.29) is 5.69 Å². The van der Waals surface area contributed by atoms with Gasteiger partial charge in [-0.1, -0.05) is 17.7 Å². The van der Waals surface area contributed by atoms with Crippen molar-refractivity contribution < 1.29 is 22.7 Å². The summed E-state index contributed by atoms with van der Waals surface area (Å²) in [6.45, 7) is 0. The number of amides is 2. The van der Waals surface area contributed by atoms with E-state index in [2.05, 4.69) is 15.6 Å². The Labute approximate surface area is 195 Å². The maximum atomic E-state index is 13.0. The molecule has 4 aromatic rings. The Morgan fingerprint density at radius 3 is 2.45 bits per heavy atom. The average molecular weight is 490 g/mol. The number of pyridine rings is 1. The molecule has 0 saturated heterocycles. The normalized spacial score (nSPS) is 11.2. The van der Waals surface area contributed by atoms with Crippen LogP contribution in [0.25, 0.3) is 11.3 Å². The molecule has 0 spiro atoms. The lowest BCUT2D eigenvalue weighted by Gasteiger charge is -2.13. The SMILES string of the molecule is O=C(Nc1cccc(Oc2ccnc(-c3ccsc3)c2)c1)Nc1ccc(Cl)c(C(F)(F)F)c1. The number of carbonyl (C=O) groups excluding carboxylic acids is 1. The Balaban J connectivity index is 1.44. The molecule has 0 bridgehead atoms. The highest BCUT2D eigenvalue weighted by Crippen LogP contribution is 2.36. The molecule has 0 aliphatic rings. The van der Waals surface area contributed by atoms with Crippen molar-refractivity contribution in [2.75, 3.05) is 10.6 Å². The van der Waals surface area contributed by atoms with Gasteiger partial charge in [0.1, 0.15) is 11.5 Å². The summed E-state index contributed by atoms with van der Waals surface area (Å²) in [7, 11) is 0. The molecular weight excluding hydrogens is 475 g/mol. The summed E-state index contributed by atoms with van der Waals surface area (Å²) in [5.74, 6) is 1.02. The van der Waals surface area contributed by atoms with E-state index in [0.29, 0.717) is 17.2 Å². The topological polar surface area (TPSA) is 63.2 Å². The molecule has 0 unspecified atom stereocenters. The minimum atomic E-state index is -4.63. The quantitative estimate of drug-likeness (QED) is 0.299. The number of hydrogen-bond acceptors (Lipinski definition) is 4. The van der Waals surface area contributed by atoms with Crippen molar-refractivity contribution in [2.24, 2.45) is 0 Å². The fraction of sp³-hybridized carbons (Fsp3) is 0.0435. The molecule has 2 amide bonds. The highest BCUT2D eigenvalue weighted by molar-refractivity contribution is 7.08. The number of nitrogens with zero attached hydrogens (tertiary/aromatic N) is 1. The zero-order chi connectivity index (χ0) is 23.4. The van der Waals surface area contributed by atoms with Gasteiger partial charge in [-0.3, -0.25) is 4.98 Å². The fourth-order valence-electron chi connectivity index (χ4n) is 2.93. The first kappa shape index (κ1) is 22.6. The van der Waals surface area contributed by atoms with Crippen molar-refractivity contribution in [1.82, 2.24) is 4.98 Å². The largest absolute Gasteiger partial charge is 0.457 e. The van der Waals surface area contributed by atoms with Crippen LogP contribution in [0.3, 0.4) is 0 Å². The van der Waals surface area contributed by atoms with Gasteiger partial charge in [0, 0.05) is 40.6 Å². The van der Waals surface area contributed by atoms with Crippen LogP contribution in [-0.4, -0.2) is 11.0 Å². The Hall–Kier alpha value is -3.56. The van der Waals surface area contributed by atoms with Crippen molar-refractivity contribution in [2.45, 2.75) is 6.18 Å².